The van der Waals surface area contributed by atoms with Crippen LogP contribution in [0.1, 0.15) is 29.5 Å². The summed E-state index contributed by atoms with van der Waals surface area (Å²) in [6.07, 6.45) is 1.56. The van der Waals surface area contributed by atoms with Crippen LogP contribution in [-0.2, 0) is 0 Å². The molecule has 3 aromatic rings. The van der Waals surface area contributed by atoms with Crippen molar-refractivity contribution < 1.29 is 23.4 Å². The molecule has 0 spiro atoms. The fourth-order valence-electron chi connectivity index (χ4n) is 4.79. The van der Waals surface area contributed by atoms with Crippen LogP contribution in [0.5, 0.6) is 17.4 Å². The second kappa shape index (κ2) is 10.9. The molecule has 188 valence electrons. The zero-order valence-electron chi connectivity index (χ0n) is 20.0. The van der Waals surface area contributed by atoms with Gasteiger partial charge < -0.3 is 14.6 Å². The zero-order valence-corrected chi connectivity index (χ0v) is 20.9. The molecule has 0 unspecified atom stereocenters. The molecule has 36 heavy (non-hydrogen) atoms. The fraction of sp³-hybridized carbons (Fsp3) is 0.321. The molecule has 1 saturated heterocycles. The molecule has 8 heteroatoms. The summed E-state index contributed by atoms with van der Waals surface area (Å²) in [7, 11) is 1.46. The number of rotatable bonds is 8. The molecular formula is C28H28F2N2O3S. The molecule has 0 aliphatic carbocycles. The number of methoxy groups -OCH3 is 1. The van der Waals surface area contributed by atoms with Crippen LogP contribution in [0.3, 0.4) is 0 Å². The largest absolute Gasteiger partial charge is 0.508 e. The Labute approximate surface area is 213 Å². The van der Waals surface area contributed by atoms with Gasteiger partial charge in [-0.1, -0.05) is 12.1 Å². The standard InChI is InChI=1S/C28H28F2N2O3S/c1-34-26-10-9-22(28(30)31-26)24-17-36-25-15-19(33)5-8-23(25)27(24)18-3-6-20(7-4-18)35-21-11-14-32(16-21)13-2-12-29/h3-10,15,21,33H,2,11-14,16-17H2,1H3/t21-/m0/s1. The highest BCUT2D eigenvalue weighted by molar-refractivity contribution is 7.99. The molecule has 0 saturated carbocycles. The summed E-state index contributed by atoms with van der Waals surface area (Å²) in [4.78, 5) is 7.12. The van der Waals surface area contributed by atoms with Crippen molar-refractivity contribution in [2.75, 3.05) is 39.2 Å². The van der Waals surface area contributed by atoms with Gasteiger partial charge in [0.1, 0.15) is 17.6 Å². The number of ether oxygens (including phenoxy) is 2. The van der Waals surface area contributed by atoms with E-state index in [1.165, 1.54) is 7.11 Å². The minimum Gasteiger partial charge on any atom is -0.508 e. The van der Waals surface area contributed by atoms with Crippen LogP contribution in [0.15, 0.2) is 59.5 Å². The molecule has 2 aliphatic heterocycles. The summed E-state index contributed by atoms with van der Waals surface area (Å²) in [5.74, 6) is 1.15. The second-order valence-corrected chi connectivity index (χ2v) is 9.93. The Bertz CT molecular complexity index is 1270. The molecule has 0 bridgehead atoms. The number of fused-ring (bicyclic) bond motifs is 1. The molecule has 5 rings (SSSR count). The molecule has 1 N–H and O–H groups in total. The topological polar surface area (TPSA) is 54.8 Å². The van der Waals surface area contributed by atoms with Crippen LogP contribution in [0.2, 0.25) is 0 Å². The van der Waals surface area contributed by atoms with Crippen LogP contribution >= 0.6 is 11.8 Å². The zero-order chi connectivity index (χ0) is 25.1. The minimum atomic E-state index is -0.580. The van der Waals surface area contributed by atoms with Crippen LogP contribution in [0.25, 0.3) is 11.1 Å². The lowest BCUT2D eigenvalue weighted by Crippen LogP contribution is -2.26. The Hall–Kier alpha value is -3.10. The highest BCUT2D eigenvalue weighted by Crippen LogP contribution is 2.46. The number of hydrogen-bond donors (Lipinski definition) is 1. The molecule has 2 aliphatic rings. The first-order valence-corrected chi connectivity index (χ1v) is 13.0. The number of phenols is 1. The number of likely N-dealkylation sites (tertiary alicyclic amines) is 1. The van der Waals surface area contributed by atoms with Gasteiger partial charge in [0.15, 0.2) is 0 Å². The van der Waals surface area contributed by atoms with Crippen molar-refractivity contribution in [3.63, 3.8) is 0 Å². The number of aromatic nitrogens is 1. The van der Waals surface area contributed by atoms with Crippen molar-refractivity contribution in [3.8, 4) is 17.4 Å². The first-order chi connectivity index (χ1) is 17.6. The van der Waals surface area contributed by atoms with Crippen molar-refractivity contribution in [2.24, 2.45) is 0 Å². The van der Waals surface area contributed by atoms with Crippen molar-refractivity contribution in [2.45, 2.75) is 23.8 Å². The van der Waals surface area contributed by atoms with E-state index in [4.69, 9.17) is 9.47 Å². The van der Waals surface area contributed by atoms with Gasteiger partial charge in [0.05, 0.1) is 13.8 Å². The number of pyridine rings is 1. The third-order valence-electron chi connectivity index (χ3n) is 6.55. The number of halogens is 2. The summed E-state index contributed by atoms with van der Waals surface area (Å²) >= 11 is 1.56. The van der Waals surface area contributed by atoms with Crippen LogP contribution in [0, 0.1) is 5.95 Å². The van der Waals surface area contributed by atoms with E-state index in [0.29, 0.717) is 17.7 Å². The monoisotopic (exact) mass is 510 g/mol. The SMILES string of the molecule is COc1ccc(C2=C(c3ccc(O[C@H]4CCN(CCCF)C4)cc3)c3ccc(O)cc3SC2)c(F)n1. The number of benzene rings is 2. The Morgan fingerprint density at radius 2 is 1.92 bits per heavy atom. The highest BCUT2D eigenvalue weighted by atomic mass is 32.2. The van der Waals surface area contributed by atoms with E-state index in [2.05, 4.69) is 9.88 Å². The molecule has 1 aromatic heterocycles. The summed E-state index contributed by atoms with van der Waals surface area (Å²) in [6.45, 7) is 2.19. The normalized spacial score (nSPS) is 17.8. The molecule has 1 atom stereocenters. The third-order valence-corrected chi connectivity index (χ3v) is 7.63. The van der Waals surface area contributed by atoms with E-state index in [0.717, 1.165) is 59.0 Å². The average Bonchev–Trinajstić information content (AvgIpc) is 3.34. The van der Waals surface area contributed by atoms with Gasteiger partial charge in [0.2, 0.25) is 11.8 Å². The minimum absolute atomic E-state index is 0.0829. The van der Waals surface area contributed by atoms with Gasteiger partial charge in [0, 0.05) is 41.9 Å². The number of alkyl halides is 1. The lowest BCUT2D eigenvalue weighted by atomic mass is 9.90. The predicted molar refractivity (Wildman–Crippen MR) is 138 cm³/mol. The summed E-state index contributed by atoms with van der Waals surface area (Å²) < 4.78 is 38.8. The van der Waals surface area contributed by atoms with Gasteiger partial charge in [-0.3, -0.25) is 9.29 Å². The maximum Gasteiger partial charge on any atom is 0.223 e. The first kappa shape index (κ1) is 24.6. The van der Waals surface area contributed by atoms with Crippen molar-refractivity contribution >= 4 is 22.9 Å². The highest BCUT2D eigenvalue weighted by Gasteiger charge is 2.26. The summed E-state index contributed by atoms with van der Waals surface area (Å²) in [5, 5.41) is 10.0. The van der Waals surface area contributed by atoms with Gasteiger partial charge in [0.25, 0.3) is 0 Å². The van der Waals surface area contributed by atoms with E-state index in [9.17, 15) is 9.50 Å². The van der Waals surface area contributed by atoms with E-state index < -0.39 is 5.95 Å². The second-order valence-electron chi connectivity index (χ2n) is 8.91. The van der Waals surface area contributed by atoms with Crippen LogP contribution in [-0.4, -0.2) is 60.3 Å². The van der Waals surface area contributed by atoms with Crippen molar-refractivity contribution in [1.29, 1.82) is 0 Å². The number of nitrogens with zero attached hydrogens (tertiary/aromatic N) is 2. The summed E-state index contributed by atoms with van der Waals surface area (Å²) in [6, 6.07) is 16.5. The number of aromatic hydroxyl groups is 1. The fourth-order valence-corrected chi connectivity index (χ4v) is 5.92. The van der Waals surface area contributed by atoms with E-state index in [1.807, 2.05) is 30.3 Å². The first-order valence-electron chi connectivity index (χ1n) is 12.0. The Kier molecular flexibility index (Phi) is 7.43. The Morgan fingerprint density at radius 1 is 1.11 bits per heavy atom. The summed E-state index contributed by atoms with van der Waals surface area (Å²) in [5.41, 5.74) is 4.02. The van der Waals surface area contributed by atoms with Crippen LogP contribution < -0.4 is 9.47 Å². The smallest absolute Gasteiger partial charge is 0.223 e. The maximum absolute atomic E-state index is 15.0. The number of thioether (sulfide) groups is 1. The molecule has 0 amide bonds. The van der Waals surface area contributed by atoms with Gasteiger partial charge in [-0.25, -0.2) is 0 Å². The predicted octanol–water partition coefficient (Wildman–Crippen LogP) is 5.81. The number of phenolic OH excluding ortho intramolecular Hbond substituents is 1. The van der Waals surface area contributed by atoms with E-state index >= 15 is 4.39 Å². The van der Waals surface area contributed by atoms with Gasteiger partial charge >= 0.3 is 0 Å². The van der Waals surface area contributed by atoms with Crippen LogP contribution in [0.4, 0.5) is 8.78 Å². The van der Waals surface area contributed by atoms with Gasteiger partial charge in [-0.05, 0) is 71.5 Å². The van der Waals surface area contributed by atoms with E-state index in [1.54, 1.807) is 36.0 Å². The maximum atomic E-state index is 15.0. The molecular weight excluding hydrogens is 482 g/mol. The van der Waals surface area contributed by atoms with Gasteiger partial charge in [-0.2, -0.15) is 9.37 Å². The third kappa shape index (κ3) is 5.20. The van der Waals surface area contributed by atoms with Gasteiger partial charge in [-0.15, -0.1) is 11.8 Å². The Balaban J connectivity index is 1.46. The Morgan fingerprint density at radius 3 is 2.67 bits per heavy atom. The lowest BCUT2D eigenvalue weighted by molar-refractivity contribution is 0.198. The molecule has 5 nitrogen and oxygen atoms in total. The molecule has 3 heterocycles. The average molecular weight is 511 g/mol. The molecule has 0 radical (unpaired) electrons. The quantitative estimate of drug-likeness (QED) is 0.386. The van der Waals surface area contributed by atoms with Crippen molar-refractivity contribution in [1.82, 2.24) is 9.88 Å². The van der Waals surface area contributed by atoms with E-state index in [-0.39, 0.29) is 24.4 Å². The van der Waals surface area contributed by atoms with Crippen molar-refractivity contribution in [3.05, 3.63) is 77.2 Å². The molecule has 1 fully saturated rings. The number of hydrogen-bond acceptors (Lipinski definition) is 6. The molecule has 2 aromatic carbocycles. The lowest BCUT2D eigenvalue weighted by Gasteiger charge is -2.24.